The molecule has 2 aromatic heterocycles. The molecule has 1 N–H and O–H groups in total. The van der Waals surface area contributed by atoms with Gasteiger partial charge in [-0.3, -0.25) is 0 Å². The number of aromatic amines is 1. The molecule has 3 aromatic carbocycles. The van der Waals surface area contributed by atoms with Crippen molar-refractivity contribution in [3.63, 3.8) is 0 Å². The monoisotopic (exact) mass is 523 g/mol. The highest BCUT2D eigenvalue weighted by atomic mass is 35.5. The number of benzene rings is 3. The molecule has 0 aliphatic carbocycles. The molecule has 0 radical (unpaired) electrons. The van der Waals surface area contributed by atoms with Crippen molar-refractivity contribution in [2.75, 3.05) is 13.0 Å². The second-order valence-electron chi connectivity index (χ2n) is 7.68. The molecule has 176 valence electrons. The van der Waals surface area contributed by atoms with E-state index < -0.39 is 0 Å². The first-order valence-corrected chi connectivity index (χ1v) is 11.9. The molecule has 0 fully saturated rings. The number of fused-ring (bicyclic) bond motifs is 1. The fraction of sp³-hybridized carbons (Fsp3) is 0.125. The first-order valence-electron chi connectivity index (χ1n) is 10.6. The molecular weight excluding hydrogens is 505 g/mol. The van der Waals surface area contributed by atoms with Crippen LogP contribution in [-0.4, -0.2) is 48.6 Å². The lowest BCUT2D eigenvalue weighted by molar-refractivity contribution is 0.415. The van der Waals surface area contributed by atoms with Gasteiger partial charge in [-0.05, 0) is 77.9 Å². The van der Waals surface area contributed by atoms with Gasteiger partial charge in [-0.25, -0.2) is 9.78 Å². The summed E-state index contributed by atoms with van der Waals surface area (Å²) in [6.45, 7) is 1.90. The Morgan fingerprint density at radius 3 is 2.57 bits per heavy atom. The SMILES string of the molecule is COc1ccc2cc(/C(CCl)=N\n3c(-c4nnn(-c5ccc(Cl)cc5)c4C)n[nH]c3=S)ccc2c1. The summed E-state index contributed by atoms with van der Waals surface area (Å²) in [5.74, 6) is 1.40. The molecule has 11 heteroatoms. The Morgan fingerprint density at radius 1 is 1.09 bits per heavy atom. The van der Waals surface area contributed by atoms with E-state index in [0.29, 0.717) is 27.0 Å². The molecule has 0 saturated heterocycles. The average molecular weight is 524 g/mol. The van der Waals surface area contributed by atoms with Crippen molar-refractivity contribution >= 4 is 51.9 Å². The quantitative estimate of drug-likeness (QED) is 0.172. The molecule has 8 nitrogen and oxygen atoms in total. The molecule has 5 rings (SSSR count). The van der Waals surface area contributed by atoms with Crippen molar-refractivity contribution in [1.29, 1.82) is 0 Å². The van der Waals surface area contributed by atoms with E-state index in [1.165, 1.54) is 4.68 Å². The lowest BCUT2D eigenvalue weighted by atomic mass is 10.0. The maximum Gasteiger partial charge on any atom is 0.216 e. The fourth-order valence-corrected chi connectivity index (χ4v) is 4.22. The largest absolute Gasteiger partial charge is 0.497 e. The fourth-order valence-electron chi connectivity index (χ4n) is 3.71. The van der Waals surface area contributed by atoms with Crippen LogP contribution in [0.1, 0.15) is 11.3 Å². The summed E-state index contributed by atoms with van der Waals surface area (Å²) in [5.41, 5.74) is 3.63. The predicted octanol–water partition coefficient (Wildman–Crippen LogP) is 5.80. The topological polar surface area (TPSA) is 85.9 Å². The second kappa shape index (κ2) is 9.61. The number of H-pyrrole nitrogens is 1. The third kappa shape index (κ3) is 4.45. The van der Waals surface area contributed by atoms with Crippen molar-refractivity contribution < 1.29 is 4.74 Å². The zero-order chi connectivity index (χ0) is 24.5. The van der Waals surface area contributed by atoms with Gasteiger partial charge in [-0.2, -0.15) is 14.9 Å². The summed E-state index contributed by atoms with van der Waals surface area (Å²) in [7, 11) is 1.65. The van der Waals surface area contributed by atoms with E-state index in [9.17, 15) is 0 Å². The number of ether oxygens (including phenoxy) is 1. The highest BCUT2D eigenvalue weighted by Gasteiger charge is 2.19. The molecule has 5 aromatic rings. The van der Waals surface area contributed by atoms with Gasteiger partial charge in [0, 0.05) is 5.02 Å². The van der Waals surface area contributed by atoms with Crippen molar-refractivity contribution in [3.05, 3.63) is 81.7 Å². The van der Waals surface area contributed by atoms with E-state index in [0.717, 1.165) is 33.5 Å². The molecule has 0 aliphatic heterocycles. The van der Waals surface area contributed by atoms with Gasteiger partial charge in [0.15, 0.2) is 5.69 Å². The minimum atomic E-state index is 0.171. The molecule has 0 spiro atoms. The van der Waals surface area contributed by atoms with E-state index in [1.807, 2.05) is 55.5 Å². The van der Waals surface area contributed by atoms with Crippen LogP contribution in [0.5, 0.6) is 5.75 Å². The summed E-state index contributed by atoms with van der Waals surface area (Å²) >= 11 is 17.8. The Kier molecular flexibility index (Phi) is 6.38. The highest BCUT2D eigenvalue weighted by molar-refractivity contribution is 7.71. The van der Waals surface area contributed by atoms with Crippen LogP contribution in [0.25, 0.3) is 28.0 Å². The number of nitrogens with one attached hydrogen (secondary N) is 1. The van der Waals surface area contributed by atoms with Crippen LogP contribution >= 0.6 is 35.4 Å². The lowest BCUT2D eigenvalue weighted by Crippen LogP contribution is -2.07. The third-order valence-corrected chi connectivity index (χ3v) is 6.33. The standard InChI is InChI=1S/C24H19Cl2N7OS/c1-14-22(27-31-32(14)19-8-6-18(26)7-9-19)23-28-29-24(35)33(23)30-21(13-25)17-4-3-16-12-20(34-2)10-5-15(16)11-17/h3-12H,13H2,1-2H3,(H,29,35)/b30-21-. The van der Waals surface area contributed by atoms with Gasteiger partial charge in [-0.1, -0.05) is 35.0 Å². The van der Waals surface area contributed by atoms with Crippen LogP contribution in [0.2, 0.25) is 5.02 Å². The number of nitrogens with zero attached hydrogens (tertiary/aromatic N) is 6. The normalized spacial score (nSPS) is 11.8. The molecule has 35 heavy (non-hydrogen) atoms. The molecule has 0 aliphatic rings. The summed E-state index contributed by atoms with van der Waals surface area (Å²) in [4.78, 5) is 0. The van der Waals surface area contributed by atoms with Crippen LogP contribution in [0.3, 0.4) is 0 Å². The van der Waals surface area contributed by atoms with Crippen molar-refractivity contribution in [3.8, 4) is 23.0 Å². The third-order valence-electron chi connectivity index (χ3n) is 5.56. The van der Waals surface area contributed by atoms with Crippen LogP contribution in [0, 0.1) is 11.7 Å². The summed E-state index contributed by atoms with van der Waals surface area (Å²) in [5, 5.41) is 23.3. The van der Waals surface area contributed by atoms with E-state index in [2.05, 4.69) is 20.5 Å². The van der Waals surface area contributed by atoms with Gasteiger partial charge in [0.2, 0.25) is 10.6 Å². The van der Waals surface area contributed by atoms with Crippen LogP contribution in [0.15, 0.2) is 65.8 Å². The Bertz CT molecular complexity index is 1620. The summed E-state index contributed by atoms with van der Waals surface area (Å²) in [6, 6.07) is 19.2. The van der Waals surface area contributed by atoms with Crippen molar-refractivity contribution in [2.24, 2.45) is 5.10 Å². The van der Waals surface area contributed by atoms with Gasteiger partial charge in [0.25, 0.3) is 0 Å². The number of hydrogen-bond acceptors (Lipinski definition) is 6. The molecule has 0 unspecified atom stereocenters. The van der Waals surface area contributed by atoms with E-state index in [4.69, 9.17) is 45.3 Å². The van der Waals surface area contributed by atoms with Gasteiger partial charge in [-0.15, -0.1) is 16.7 Å². The van der Waals surface area contributed by atoms with Crippen molar-refractivity contribution in [2.45, 2.75) is 6.92 Å². The Labute approximate surface area is 215 Å². The minimum Gasteiger partial charge on any atom is -0.497 e. The molecular formula is C24H19Cl2N7OS. The molecule has 0 bridgehead atoms. The number of methoxy groups -OCH3 is 1. The second-order valence-corrected chi connectivity index (χ2v) is 8.77. The molecule has 0 amide bonds. The highest BCUT2D eigenvalue weighted by Crippen LogP contribution is 2.24. The number of rotatable bonds is 6. The minimum absolute atomic E-state index is 0.171. The Balaban J connectivity index is 1.56. The van der Waals surface area contributed by atoms with Crippen molar-refractivity contribution in [1.82, 2.24) is 29.9 Å². The number of alkyl halides is 1. The Morgan fingerprint density at radius 2 is 1.83 bits per heavy atom. The number of hydrogen-bond donors (Lipinski definition) is 1. The van der Waals surface area contributed by atoms with E-state index in [-0.39, 0.29) is 5.88 Å². The average Bonchev–Trinajstić information content (AvgIpc) is 3.43. The maximum atomic E-state index is 6.33. The van der Waals surface area contributed by atoms with Crippen LogP contribution in [-0.2, 0) is 0 Å². The van der Waals surface area contributed by atoms with Gasteiger partial charge >= 0.3 is 0 Å². The zero-order valence-electron chi connectivity index (χ0n) is 18.7. The number of aromatic nitrogens is 6. The van der Waals surface area contributed by atoms with E-state index in [1.54, 1.807) is 23.9 Å². The molecule has 0 saturated carbocycles. The summed E-state index contributed by atoms with van der Waals surface area (Å²) in [6.07, 6.45) is 0. The van der Waals surface area contributed by atoms with Gasteiger partial charge < -0.3 is 4.74 Å². The van der Waals surface area contributed by atoms with Gasteiger partial charge in [0.1, 0.15) is 5.75 Å². The molecule has 0 atom stereocenters. The first kappa shape index (κ1) is 23.2. The van der Waals surface area contributed by atoms with Crippen LogP contribution in [0.4, 0.5) is 0 Å². The van der Waals surface area contributed by atoms with Gasteiger partial charge in [0.05, 0.1) is 30.1 Å². The van der Waals surface area contributed by atoms with Crippen LogP contribution < -0.4 is 4.74 Å². The first-order chi connectivity index (χ1) is 17.0. The Hall–Kier alpha value is -3.53. The smallest absolute Gasteiger partial charge is 0.216 e. The zero-order valence-corrected chi connectivity index (χ0v) is 21.1. The predicted molar refractivity (Wildman–Crippen MR) is 141 cm³/mol. The molecule has 2 heterocycles. The van der Waals surface area contributed by atoms with E-state index >= 15 is 0 Å². The summed E-state index contributed by atoms with van der Waals surface area (Å²) < 4.78 is 8.86. The number of halogens is 2. The lowest BCUT2D eigenvalue weighted by Gasteiger charge is -2.08. The maximum absolute atomic E-state index is 6.33.